The zero-order valence-corrected chi connectivity index (χ0v) is 24.7. The minimum Gasteiger partial charge on any atom is -0.444 e. The second-order valence-corrected chi connectivity index (χ2v) is 11.2. The van der Waals surface area contributed by atoms with Crippen molar-refractivity contribution in [2.75, 3.05) is 13.1 Å². The van der Waals surface area contributed by atoms with Gasteiger partial charge in [0.1, 0.15) is 17.7 Å². The molecule has 0 aromatic heterocycles. The molecule has 0 radical (unpaired) electrons. The van der Waals surface area contributed by atoms with Crippen LogP contribution in [0, 0.1) is 19.8 Å². The first-order valence-electron chi connectivity index (χ1n) is 14.0. The normalized spacial score (nSPS) is 13.9. The maximum absolute atomic E-state index is 14.2. The third kappa shape index (κ3) is 10.7. The van der Waals surface area contributed by atoms with Crippen molar-refractivity contribution >= 4 is 17.9 Å². The van der Waals surface area contributed by atoms with Gasteiger partial charge in [0.2, 0.25) is 11.8 Å². The molecular formula is C30H51N3O4. The highest BCUT2D eigenvalue weighted by Gasteiger charge is 2.38. The molecule has 1 aromatic carbocycles. The van der Waals surface area contributed by atoms with Crippen LogP contribution < -0.4 is 10.6 Å². The Hall–Kier alpha value is -2.57. The number of ether oxygens (including phenoxy) is 1. The van der Waals surface area contributed by atoms with Crippen molar-refractivity contribution in [2.45, 2.75) is 119 Å². The Kier molecular flexibility index (Phi) is 13.7. The number of carbonyl (C=O) groups is 3. The average Bonchev–Trinajstić information content (AvgIpc) is 2.81. The summed E-state index contributed by atoms with van der Waals surface area (Å²) in [5.74, 6) is -0.591. The van der Waals surface area contributed by atoms with Gasteiger partial charge in [-0.1, -0.05) is 77.1 Å². The number of hydrogen-bond donors (Lipinski definition) is 2. The Morgan fingerprint density at radius 1 is 1.00 bits per heavy atom. The average molecular weight is 518 g/mol. The summed E-state index contributed by atoms with van der Waals surface area (Å²) >= 11 is 0. The number of nitrogens with zero attached hydrogens (tertiary/aromatic N) is 1. The molecule has 210 valence electrons. The molecule has 0 heterocycles. The van der Waals surface area contributed by atoms with E-state index in [1.165, 1.54) is 0 Å². The summed E-state index contributed by atoms with van der Waals surface area (Å²) in [6, 6.07) is 4.38. The second-order valence-electron chi connectivity index (χ2n) is 11.2. The number of aryl methyl sites for hydroxylation is 2. The number of benzene rings is 1. The first-order chi connectivity index (χ1) is 17.4. The monoisotopic (exact) mass is 517 g/mol. The second kappa shape index (κ2) is 15.6. The molecule has 0 aliphatic heterocycles. The van der Waals surface area contributed by atoms with E-state index in [2.05, 4.69) is 24.5 Å². The van der Waals surface area contributed by atoms with Gasteiger partial charge in [-0.05, 0) is 64.5 Å². The Balaban J connectivity index is 3.49. The number of carbonyl (C=O) groups excluding carboxylic acids is 3. The molecule has 1 aromatic rings. The van der Waals surface area contributed by atoms with Gasteiger partial charge >= 0.3 is 6.09 Å². The van der Waals surface area contributed by atoms with E-state index in [0.29, 0.717) is 19.5 Å². The molecule has 7 heteroatoms. The van der Waals surface area contributed by atoms with E-state index >= 15 is 0 Å². The molecule has 3 atom stereocenters. The zero-order chi connectivity index (χ0) is 28.2. The number of rotatable bonds is 14. The lowest BCUT2D eigenvalue weighted by Crippen LogP contribution is -2.55. The number of amides is 3. The molecule has 3 unspecified atom stereocenters. The minimum absolute atomic E-state index is 0.142. The molecule has 0 aliphatic rings. The molecule has 1 rings (SSSR count). The van der Waals surface area contributed by atoms with Crippen molar-refractivity contribution in [1.29, 1.82) is 0 Å². The molecule has 0 saturated carbocycles. The van der Waals surface area contributed by atoms with E-state index in [-0.39, 0.29) is 17.7 Å². The van der Waals surface area contributed by atoms with Crippen molar-refractivity contribution in [3.63, 3.8) is 0 Å². The van der Waals surface area contributed by atoms with E-state index < -0.39 is 23.8 Å². The third-order valence-electron chi connectivity index (χ3n) is 6.55. The lowest BCUT2D eigenvalue weighted by molar-refractivity contribution is -0.143. The fraction of sp³-hybridized carbons (Fsp3) is 0.700. The van der Waals surface area contributed by atoms with Gasteiger partial charge in [0, 0.05) is 13.1 Å². The smallest absolute Gasteiger partial charge is 0.408 e. The maximum Gasteiger partial charge on any atom is 0.408 e. The molecule has 3 amide bonds. The zero-order valence-electron chi connectivity index (χ0n) is 24.7. The quantitative estimate of drug-likeness (QED) is 0.287. The van der Waals surface area contributed by atoms with Gasteiger partial charge in [-0.15, -0.1) is 0 Å². The molecule has 0 saturated heterocycles. The summed E-state index contributed by atoms with van der Waals surface area (Å²) in [6.07, 6.45) is 4.65. The van der Waals surface area contributed by atoms with Crippen LogP contribution in [0.4, 0.5) is 4.79 Å². The molecule has 2 N–H and O–H groups in total. The van der Waals surface area contributed by atoms with Gasteiger partial charge in [-0.3, -0.25) is 9.59 Å². The van der Waals surface area contributed by atoms with Crippen LogP contribution in [0.15, 0.2) is 18.2 Å². The van der Waals surface area contributed by atoms with Gasteiger partial charge < -0.3 is 20.3 Å². The predicted molar refractivity (Wildman–Crippen MR) is 150 cm³/mol. The fourth-order valence-electron chi connectivity index (χ4n) is 4.26. The molecule has 0 bridgehead atoms. The van der Waals surface area contributed by atoms with E-state index in [1.807, 2.05) is 45.9 Å². The molecule has 7 nitrogen and oxygen atoms in total. The summed E-state index contributed by atoms with van der Waals surface area (Å²) in [5, 5.41) is 5.90. The van der Waals surface area contributed by atoms with Gasteiger partial charge in [0.25, 0.3) is 0 Å². The van der Waals surface area contributed by atoms with Crippen LogP contribution in [-0.4, -0.2) is 47.5 Å². The van der Waals surface area contributed by atoms with Crippen LogP contribution in [0.25, 0.3) is 0 Å². The maximum atomic E-state index is 14.2. The molecular weight excluding hydrogens is 466 g/mol. The molecule has 37 heavy (non-hydrogen) atoms. The van der Waals surface area contributed by atoms with E-state index in [0.717, 1.165) is 48.8 Å². The molecule has 0 aliphatic carbocycles. The lowest BCUT2D eigenvalue weighted by Gasteiger charge is -2.36. The lowest BCUT2D eigenvalue weighted by atomic mass is 9.93. The Bertz CT molecular complexity index is 878. The number of nitrogens with one attached hydrogen (secondary N) is 2. The van der Waals surface area contributed by atoms with Crippen LogP contribution in [0.3, 0.4) is 0 Å². The van der Waals surface area contributed by atoms with E-state index in [4.69, 9.17) is 4.74 Å². The van der Waals surface area contributed by atoms with E-state index in [9.17, 15) is 14.4 Å². The number of unbranched alkanes of at least 4 members (excludes halogenated alkanes) is 3. The third-order valence-corrected chi connectivity index (χ3v) is 6.55. The van der Waals surface area contributed by atoms with Crippen molar-refractivity contribution < 1.29 is 19.1 Å². The summed E-state index contributed by atoms with van der Waals surface area (Å²) in [7, 11) is 0. The highest BCUT2D eigenvalue weighted by molar-refractivity contribution is 5.92. The first kappa shape index (κ1) is 32.5. The van der Waals surface area contributed by atoms with Crippen LogP contribution in [0.1, 0.15) is 110 Å². The van der Waals surface area contributed by atoms with Crippen LogP contribution in [0.5, 0.6) is 0 Å². The summed E-state index contributed by atoms with van der Waals surface area (Å²) < 4.78 is 5.47. The molecule has 0 fully saturated rings. The predicted octanol–water partition coefficient (Wildman–Crippen LogP) is 6.22. The van der Waals surface area contributed by atoms with Crippen molar-refractivity contribution in [3.05, 3.63) is 34.9 Å². The first-order valence-corrected chi connectivity index (χ1v) is 14.0. The number of alkyl carbamates (subject to hydrolysis) is 1. The topological polar surface area (TPSA) is 87.7 Å². The Morgan fingerprint density at radius 3 is 2.19 bits per heavy atom. The summed E-state index contributed by atoms with van der Waals surface area (Å²) in [5.41, 5.74) is 2.18. The number of hydrogen-bond acceptors (Lipinski definition) is 4. The van der Waals surface area contributed by atoms with Gasteiger partial charge in [-0.2, -0.15) is 0 Å². The van der Waals surface area contributed by atoms with Gasteiger partial charge in [0.05, 0.1) is 0 Å². The van der Waals surface area contributed by atoms with Crippen LogP contribution >= 0.6 is 0 Å². The largest absolute Gasteiger partial charge is 0.444 e. The minimum atomic E-state index is -0.808. The Labute approximate surface area is 225 Å². The summed E-state index contributed by atoms with van der Waals surface area (Å²) in [6.45, 7) is 18.5. The Morgan fingerprint density at radius 2 is 1.65 bits per heavy atom. The van der Waals surface area contributed by atoms with Crippen molar-refractivity contribution in [2.24, 2.45) is 5.92 Å². The van der Waals surface area contributed by atoms with E-state index in [1.54, 1.807) is 25.7 Å². The van der Waals surface area contributed by atoms with Crippen LogP contribution in [-0.2, 0) is 14.3 Å². The highest BCUT2D eigenvalue weighted by atomic mass is 16.6. The van der Waals surface area contributed by atoms with Crippen molar-refractivity contribution in [3.8, 4) is 0 Å². The fourth-order valence-corrected chi connectivity index (χ4v) is 4.26. The van der Waals surface area contributed by atoms with Crippen molar-refractivity contribution in [1.82, 2.24) is 15.5 Å². The highest BCUT2D eigenvalue weighted by Crippen LogP contribution is 2.28. The van der Waals surface area contributed by atoms with Gasteiger partial charge in [-0.25, -0.2) is 4.79 Å². The van der Waals surface area contributed by atoms with Gasteiger partial charge in [0.15, 0.2) is 0 Å². The standard InChI is InChI=1S/C30H51N3O4/c1-10-13-15-18-31-27(34)26(24-17-16-21(4)20-23(24)6)33(19-14-11-2)28(35)25(22(5)12-3)32-29(36)37-30(7,8)9/h16-17,20,22,25-26H,10-15,18-19H2,1-9H3,(H,31,34)(H,32,36). The molecule has 0 spiro atoms. The summed E-state index contributed by atoms with van der Waals surface area (Å²) in [4.78, 5) is 42.3. The SMILES string of the molecule is CCCCCNC(=O)C(c1ccc(C)cc1C)N(CCCC)C(=O)C(NC(=O)OC(C)(C)C)C(C)CC. The van der Waals surface area contributed by atoms with Crippen LogP contribution in [0.2, 0.25) is 0 Å².